The molecule has 1 aliphatic heterocycles. The molecule has 250 valence electrons. The summed E-state index contributed by atoms with van der Waals surface area (Å²) in [7, 11) is 0. The van der Waals surface area contributed by atoms with Crippen molar-refractivity contribution < 1.29 is 42.6 Å². The highest BCUT2D eigenvalue weighted by Gasteiger charge is 2.11. The van der Waals surface area contributed by atoms with Gasteiger partial charge in [-0.1, -0.05) is 30.3 Å². The number of ether oxygens (including phenoxy) is 9. The second-order valence-corrected chi connectivity index (χ2v) is 10.3. The van der Waals surface area contributed by atoms with Crippen LogP contribution in [-0.4, -0.2) is 89.3 Å². The van der Waals surface area contributed by atoms with E-state index in [0.717, 1.165) is 22.5 Å². The highest BCUT2D eigenvalue weighted by atomic mass is 16.6. The molecule has 47 heavy (non-hydrogen) atoms. The van der Waals surface area contributed by atoms with Gasteiger partial charge in [0, 0.05) is 18.0 Å². The largest absolute Gasteiger partial charge is 0.487 e. The molecule has 1 aliphatic rings. The van der Waals surface area contributed by atoms with E-state index in [0.29, 0.717) is 115 Å². The van der Waals surface area contributed by atoms with Crippen molar-refractivity contribution in [2.24, 2.45) is 0 Å². The SMILES string of the molecule is c1ccc(-c2ncccc2COCc2ccc3c(c2)OCCOCCOCCOc2ccccc2OCCOCCOCCO3)nc1. The lowest BCUT2D eigenvalue weighted by Gasteiger charge is -2.15. The molecule has 0 radical (unpaired) electrons. The van der Waals surface area contributed by atoms with Gasteiger partial charge in [0.25, 0.3) is 0 Å². The van der Waals surface area contributed by atoms with Crippen LogP contribution in [0, 0.1) is 0 Å². The quantitative estimate of drug-likeness (QED) is 0.287. The molecule has 0 N–H and O–H groups in total. The fourth-order valence-corrected chi connectivity index (χ4v) is 4.62. The van der Waals surface area contributed by atoms with Crippen LogP contribution in [0.3, 0.4) is 0 Å². The molecule has 0 saturated carbocycles. The number of benzene rings is 2. The van der Waals surface area contributed by atoms with Crippen LogP contribution >= 0.6 is 0 Å². The van der Waals surface area contributed by atoms with Crippen molar-refractivity contribution in [2.45, 2.75) is 13.2 Å². The lowest BCUT2D eigenvalue weighted by molar-refractivity contribution is 0.0223. The molecule has 4 aromatic rings. The summed E-state index contributed by atoms with van der Waals surface area (Å²) in [4.78, 5) is 8.96. The minimum atomic E-state index is 0.345. The first-order valence-corrected chi connectivity index (χ1v) is 15.8. The van der Waals surface area contributed by atoms with E-state index < -0.39 is 0 Å². The Morgan fingerprint density at radius 2 is 1.00 bits per heavy atom. The molecule has 11 nitrogen and oxygen atoms in total. The number of fused-ring (bicyclic) bond motifs is 2. The average Bonchev–Trinajstić information content (AvgIpc) is 3.11. The number of nitrogens with zero attached hydrogens (tertiary/aromatic N) is 2. The summed E-state index contributed by atoms with van der Waals surface area (Å²) in [6.07, 6.45) is 3.52. The lowest BCUT2D eigenvalue weighted by Crippen LogP contribution is -2.15. The van der Waals surface area contributed by atoms with E-state index in [2.05, 4.69) is 9.97 Å². The summed E-state index contributed by atoms with van der Waals surface area (Å²) in [5.74, 6) is 2.56. The Balaban J connectivity index is 1.12. The van der Waals surface area contributed by atoms with E-state index in [1.807, 2.05) is 72.8 Å². The first kappa shape index (κ1) is 34.1. The molecule has 0 bridgehead atoms. The predicted molar refractivity (Wildman–Crippen MR) is 174 cm³/mol. The Hall–Kier alpha value is -4.26. The summed E-state index contributed by atoms with van der Waals surface area (Å²) in [5.41, 5.74) is 3.52. The third-order valence-corrected chi connectivity index (χ3v) is 6.87. The van der Waals surface area contributed by atoms with Gasteiger partial charge in [-0.3, -0.25) is 9.97 Å². The van der Waals surface area contributed by atoms with Crippen LogP contribution in [0.1, 0.15) is 11.1 Å². The summed E-state index contributed by atoms with van der Waals surface area (Å²) in [5, 5.41) is 0. The minimum absolute atomic E-state index is 0.345. The smallest absolute Gasteiger partial charge is 0.161 e. The molecular weight excluding hydrogens is 604 g/mol. The molecule has 5 rings (SSSR count). The zero-order chi connectivity index (χ0) is 32.2. The maximum Gasteiger partial charge on any atom is 0.161 e. The van der Waals surface area contributed by atoms with Crippen molar-refractivity contribution in [3.8, 4) is 34.4 Å². The number of rotatable bonds is 5. The third kappa shape index (κ3) is 11.8. The van der Waals surface area contributed by atoms with Crippen molar-refractivity contribution in [3.05, 3.63) is 96.3 Å². The Bertz CT molecular complexity index is 1460. The highest BCUT2D eigenvalue weighted by molar-refractivity contribution is 5.58. The number of hydrogen-bond acceptors (Lipinski definition) is 11. The molecule has 0 fully saturated rings. The number of aromatic nitrogens is 2. The molecule has 0 atom stereocenters. The number of pyridine rings is 2. The second-order valence-electron chi connectivity index (χ2n) is 10.3. The van der Waals surface area contributed by atoms with Gasteiger partial charge in [0.2, 0.25) is 0 Å². The molecule has 3 heterocycles. The molecule has 0 amide bonds. The van der Waals surface area contributed by atoms with E-state index in [-0.39, 0.29) is 0 Å². The van der Waals surface area contributed by atoms with E-state index in [1.54, 1.807) is 12.4 Å². The Morgan fingerprint density at radius 3 is 1.60 bits per heavy atom. The van der Waals surface area contributed by atoms with Gasteiger partial charge < -0.3 is 42.6 Å². The molecule has 11 heteroatoms. The van der Waals surface area contributed by atoms with Crippen molar-refractivity contribution >= 4 is 0 Å². The van der Waals surface area contributed by atoms with Gasteiger partial charge in [-0.15, -0.1) is 0 Å². The third-order valence-electron chi connectivity index (χ3n) is 6.87. The summed E-state index contributed by atoms with van der Waals surface area (Å²) >= 11 is 0. The monoisotopic (exact) mass is 646 g/mol. The van der Waals surface area contributed by atoms with E-state index in [9.17, 15) is 0 Å². The van der Waals surface area contributed by atoms with E-state index in [4.69, 9.17) is 42.6 Å². The van der Waals surface area contributed by atoms with Crippen molar-refractivity contribution in [3.63, 3.8) is 0 Å². The molecular formula is C36H42N2O9. The molecule has 0 saturated heterocycles. The highest BCUT2D eigenvalue weighted by Crippen LogP contribution is 2.29. The van der Waals surface area contributed by atoms with Gasteiger partial charge >= 0.3 is 0 Å². The summed E-state index contributed by atoms with van der Waals surface area (Å²) in [6.45, 7) is 5.70. The first-order chi connectivity index (χ1) is 23.4. The Labute approximate surface area is 275 Å². The fraction of sp³-hybridized carbons (Fsp3) is 0.389. The van der Waals surface area contributed by atoms with E-state index >= 15 is 0 Å². The Morgan fingerprint density at radius 1 is 0.468 bits per heavy atom. The topological polar surface area (TPSA) is 109 Å². The van der Waals surface area contributed by atoms with Crippen LogP contribution in [0.2, 0.25) is 0 Å². The van der Waals surface area contributed by atoms with Crippen molar-refractivity contribution in [2.75, 3.05) is 79.3 Å². The van der Waals surface area contributed by atoms with Crippen LogP contribution in [0.15, 0.2) is 85.2 Å². The first-order valence-electron chi connectivity index (χ1n) is 15.8. The van der Waals surface area contributed by atoms with Gasteiger partial charge in [0.1, 0.15) is 26.4 Å². The zero-order valence-corrected chi connectivity index (χ0v) is 26.6. The van der Waals surface area contributed by atoms with Crippen LogP contribution in [0.5, 0.6) is 23.0 Å². The maximum atomic E-state index is 6.09. The lowest BCUT2D eigenvalue weighted by atomic mass is 10.1. The molecule has 0 unspecified atom stereocenters. The van der Waals surface area contributed by atoms with Crippen LogP contribution < -0.4 is 18.9 Å². The predicted octanol–water partition coefficient (Wildman–Crippen LogP) is 5.16. The van der Waals surface area contributed by atoms with Crippen LogP contribution in [-0.2, 0) is 36.9 Å². The van der Waals surface area contributed by atoms with Crippen molar-refractivity contribution in [1.29, 1.82) is 0 Å². The second kappa shape index (κ2) is 20.1. The number of para-hydroxylation sites is 2. The number of hydrogen-bond donors (Lipinski definition) is 0. The van der Waals surface area contributed by atoms with E-state index in [1.165, 1.54) is 0 Å². The molecule has 2 aromatic carbocycles. The fourth-order valence-electron chi connectivity index (χ4n) is 4.62. The zero-order valence-electron chi connectivity index (χ0n) is 26.6. The maximum absolute atomic E-state index is 6.09. The Kier molecular flexibility index (Phi) is 14.6. The standard InChI is InChI=1S/C36H42N2O9/c1-2-9-33-32(8-1)44-22-18-39-14-15-41-20-24-46-34-11-10-29(26-35(34)47-25-21-42-17-16-40-19-23-45-33)27-43-28-30-6-5-13-38-36(30)31-7-3-4-12-37-31/h1-13,26H,14-25,27-28H2. The van der Waals surface area contributed by atoms with Crippen LogP contribution in [0.4, 0.5) is 0 Å². The van der Waals surface area contributed by atoms with Gasteiger partial charge in [0.05, 0.1) is 77.5 Å². The van der Waals surface area contributed by atoms with Crippen molar-refractivity contribution in [1.82, 2.24) is 9.97 Å². The summed E-state index contributed by atoms with van der Waals surface area (Å²) in [6, 6.07) is 23.0. The van der Waals surface area contributed by atoms with Gasteiger partial charge in [0.15, 0.2) is 23.0 Å². The van der Waals surface area contributed by atoms with Crippen LogP contribution in [0.25, 0.3) is 11.4 Å². The van der Waals surface area contributed by atoms with Gasteiger partial charge in [-0.25, -0.2) is 0 Å². The molecule has 0 aliphatic carbocycles. The molecule has 0 spiro atoms. The average molecular weight is 647 g/mol. The van der Waals surface area contributed by atoms with Gasteiger partial charge in [-0.2, -0.15) is 0 Å². The normalized spacial score (nSPS) is 16.1. The summed E-state index contributed by atoms with van der Waals surface area (Å²) < 4.78 is 52.6. The minimum Gasteiger partial charge on any atom is -0.487 e. The molecule has 2 aromatic heterocycles. The van der Waals surface area contributed by atoms with Gasteiger partial charge in [-0.05, 0) is 48.0 Å².